The highest BCUT2D eigenvalue weighted by Gasteiger charge is 1.99. The molecule has 0 saturated carbocycles. The van der Waals surface area contributed by atoms with Crippen LogP contribution in [0, 0.1) is 0 Å². The van der Waals surface area contributed by atoms with E-state index >= 15 is 0 Å². The molecular formula is C15H17NO. The van der Waals surface area contributed by atoms with Gasteiger partial charge in [0.25, 0.3) is 0 Å². The van der Waals surface area contributed by atoms with E-state index in [4.69, 9.17) is 10.5 Å². The molecular weight excluding hydrogens is 210 g/mol. The van der Waals surface area contributed by atoms with Crippen LogP contribution in [0.15, 0.2) is 54.6 Å². The van der Waals surface area contributed by atoms with E-state index in [1.807, 2.05) is 49.4 Å². The molecule has 2 nitrogen and oxygen atoms in total. The number of hydrogen-bond acceptors (Lipinski definition) is 2. The average Bonchev–Trinajstić information content (AvgIpc) is 2.38. The first-order valence-electron chi connectivity index (χ1n) is 5.78. The van der Waals surface area contributed by atoms with Crippen molar-refractivity contribution in [3.05, 3.63) is 65.7 Å². The molecule has 0 aliphatic rings. The van der Waals surface area contributed by atoms with Gasteiger partial charge in [-0.1, -0.05) is 42.5 Å². The second-order valence-electron chi connectivity index (χ2n) is 4.13. The predicted octanol–water partition coefficient (Wildman–Crippen LogP) is 3.29. The zero-order valence-electron chi connectivity index (χ0n) is 9.97. The Morgan fingerprint density at radius 3 is 2.24 bits per heavy atom. The lowest BCUT2D eigenvalue weighted by Gasteiger charge is -2.09. The molecule has 0 aliphatic heterocycles. The van der Waals surface area contributed by atoms with Gasteiger partial charge in [-0.05, 0) is 30.2 Å². The van der Waals surface area contributed by atoms with Crippen LogP contribution < -0.4 is 10.5 Å². The Bertz CT molecular complexity index is 448. The van der Waals surface area contributed by atoms with Gasteiger partial charge in [-0.3, -0.25) is 0 Å². The molecule has 2 rings (SSSR count). The Labute approximate surface area is 102 Å². The topological polar surface area (TPSA) is 35.2 Å². The van der Waals surface area contributed by atoms with E-state index in [-0.39, 0.29) is 6.04 Å². The molecule has 0 aromatic heterocycles. The molecule has 0 saturated heterocycles. The van der Waals surface area contributed by atoms with E-state index in [9.17, 15) is 0 Å². The Kier molecular flexibility index (Phi) is 3.78. The second kappa shape index (κ2) is 5.51. The summed E-state index contributed by atoms with van der Waals surface area (Å²) in [5.41, 5.74) is 8.08. The van der Waals surface area contributed by atoms with Crippen LogP contribution in [-0.2, 0) is 6.61 Å². The fourth-order valence-corrected chi connectivity index (χ4v) is 1.61. The predicted molar refractivity (Wildman–Crippen MR) is 69.8 cm³/mol. The maximum atomic E-state index is 5.79. The van der Waals surface area contributed by atoms with E-state index in [2.05, 4.69) is 12.1 Å². The van der Waals surface area contributed by atoms with Crippen LogP contribution in [-0.4, -0.2) is 0 Å². The minimum absolute atomic E-state index is 0.0678. The van der Waals surface area contributed by atoms with Crippen molar-refractivity contribution in [2.75, 3.05) is 0 Å². The first-order valence-corrected chi connectivity index (χ1v) is 5.78. The van der Waals surface area contributed by atoms with E-state index in [1.54, 1.807) is 0 Å². The van der Waals surface area contributed by atoms with Gasteiger partial charge in [-0.2, -0.15) is 0 Å². The third kappa shape index (κ3) is 3.33. The molecule has 2 aromatic rings. The summed E-state index contributed by atoms with van der Waals surface area (Å²) in [4.78, 5) is 0. The van der Waals surface area contributed by atoms with Crippen molar-refractivity contribution >= 4 is 0 Å². The van der Waals surface area contributed by atoms with E-state index in [0.29, 0.717) is 6.61 Å². The minimum atomic E-state index is 0.0678. The summed E-state index contributed by atoms with van der Waals surface area (Å²) in [7, 11) is 0. The molecule has 0 fully saturated rings. The van der Waals surface area contributed by atoms with Gasteiger partial charge in [0, 0.05) is 6.04 Å². The maximum Gasteiger partial charge on any atom is 0.119 e. The van der Waals surface area contributed by atoms with Gasteiger partial charge in [0.05, 0.1) is 0 Å². The van der Waals surface area contributed by atoms with E-state index in [1.165, 1.54) is 5.56 Å². The van der Waals surface area contributed by atoms with Gasteiger partial charge in [-0.25, -0.2) is 0 Å². The van der Waals surface area contributed by atoms with Gasteiger partial charge in [0.15, 0.2) is 0 Å². The SMILES string of the molecule is C[C@H](N)c1ccc(OCc2ccccc2)cc1. The van der Waals surface area contributed by atoms with Gasteiger partial charge in [-0.15, -0.1) is 0 Å². The molecule has 0 heterocycles. The lowest BCUT2D eigenvalue weighted by Crippen LogP contribution is -2.04. The van der Waals surface area contributed by atoms with E-state index < -0.39 is 0 Å². The average molecular weight is 227 g/mol. The van der Waals surface area contributed by atoms with Crippen molar-refractivity contribution in [1.82, 2.24) is 0 Å². The van der Waals surface area contributed by atoms with Crippen LogP contribution in [0.25, 0.3) is 0 Å². The molecule has 0 aliphatic carbocycles. The monoisotopic (exact) mass is 227 g/mol. The standard InChI is InChI=1S/C15H17NO/c1-12(16)14-7-9-15(10-8-14)17-11-13-5-3-2-4-6-13/h2-10,12H,11,16H2,1H3/t12-/m0/s1. The van der Waals surface area contributed by atoms with Gasteiger partial charge < -0.3 is 10.5 Å². The summed E-state index contributed by atoms with van der Waals surface area (Å²) in [6.07, 6.45) is 0. The summed E-state index contributed by atoms with van der Waals surface area (Å²) in [6, 6.07) is 18.1. The summed E-state index contributed by atoms with van der Waals surface area (Å²) < 4.78 is 5.69. The Morgan fingerprint density at radius 1 is 1.00 bits per heavy atom. The maximum absolute atomic E-state index is 5.79. The minimum Gasteiger partial charge on any atom is -0.489 e. The molecule has 0 radical (unpaired) electrons. The number of rotatable bonds is 4. The van der Waals surface area contributed by atoms with Crippen LogP contribution in [0.4, 0.5) is 0 Å². The molecule has 0 bridgehead atoms. The highest BCUT2D eigenvalue weighted by molar-refractivity contribution is 5.29. The zero-order chi connectivity index (χ0) is 12.1. The number of benzene rings is 2. The lowest BCUT2D eigenvalue weighted by atomic mass is 10.1. The third-order valence-corrected chi connectivity index (χ3v) is 2.65. The number of ether oxygens (including phenoxy) is 1. The molecule has 17 heavy (non-hydrogen) atoms. The fourth-order valence-electron chi connectivity index (χ4n) is 1.61. The highest BCUT2D eigenvalue weighted by Crippen LogP contribution is 2.17. The van der Waals surface area contributed by atoms with Gasteiger partial charge >= 0.3 is 0 Å². The van der Waals surface area contributed by atoms with Crippen LogP contribution in [0.2, 0.25) is 0 Å². The summed E-state index contributed by atoms with van der Waals surface area (Å²) in [5.74, 6) is 0.873. The largest absolute Gasteiger partial charge is 0.489 e. The molecule has 1 atom stereocenters. The fraction of sp³-hybridized carbons (Fsp3) is 0.200. The van der Waals surface area contributed by atoms with Crippen molar-refractivity contribution in [2.24, 2.45) is 5.73 Å². The summed E-state index contributed by atoms with van der Waals surface area (Å²) in [5, 5.41) is 0. The number of hydrogen-bond donors (Lipinski definition) is 1. The Morgan fingerprint density at radius 2 is 1.65 bits per heavy atom. The smallest absolute Gasteiger partial charge is 0.119 e. The Balaban J connectivity index is 1.96. The third-order valence-electron chi connectivity index (χ3n) is 2.65. The van der Waals surface area contributed by atoms with Crippen LogP contribution >= 0.6 is 0 Å². The molecule has 2 aromatic carbocycles. The van der Waals surface area contributed by atoms with Crippen LogP contribution in [0.3, 0.4) is 0 Å². The van der Waals surface area contributed by atoms with Crippen molar-refractivity contribution in [3.63, 3.8) is 0 Å². The van der Waals surface area contributed by atoms with Crippen molar-refractivity contribution in [2.45, 2.75) is 19.6 Å². The van der Waals surface area contributed by atoms with Crippen LogP contribution in [0.5, 0.6) is 5.75 Å². The molecule has 2 heteroatoms. The molecule has 88 valence electrons. The first kappa shape index (κ1) is 11.7. The molecule has 0 unspecified atom stereocenters. The Hall–Kier alpha value is -1.80. The van der Waals surface area contributed by atoms with Gasteiger partial charge in [0.1, 0.15) is 12.4 Å². The number of nitrogens with two attached hydrogens (primary N) is 1. The van der Waals surface area contributed by atoms with Crippen molar-refractivity contribution < 1.29 is 4.74 Å². The lowest BCUT2D eigenvalue weighted by molar-refractivity contribution is 0.306. The quantitative estimate of drug-likeness (QED) is 0.870. The second-order valence-corrected chi connectivity index (χ2v) is 4.13. The van der Waals surface area contributed by atoms with Crippen LogP contribution in [0.1, 0.15) is 24.1 Å². The van der Waals surface area contributed by atoms with Gasteiger partial charge in [0.2, 0.25) is 0 Å². The molecule has 0 spiro atoms. The molecule has 0 amide bonds. The van der Waals surface area contributed by atoms with Crippen molar-refractivity contribution in [3.8, 4) is 5.75 Å². The molecule has 2 N–H and O–H groups in total. The van der Waals surface area contributed by atoms with E-state index in [0.717, 1.165) is 11.3 Å². The first-order chi connectivity index (χ1) is 8.25. The summed E-state index contributed by atoms with van der Waals surface area (Å²) >= 11 is 0. The zero-order valence-corrected chi connectivity index (χ0v) is 9.97. The van der Waals surface area contributed by atoms with Crippen molar-refractivity contribution in [1.29, 1.82) is 0 Å². The normalized spacial score (nSPS) is 12.1. The summed E-state index contributed by atoms with van der Waals surface area (Å²) in [6.45, 7) is 2.57. The highest BCUT2D eigenvalue weighted by atomic mass is 16.5.